The molecule has 0 unspecified atom stereocenters. The highest BCUT2D eigenvalue weighted by atomic mass is 16.5. The van der Waals surface area contributed by atoms with Crippen molar-refractivity contribution in [2.75, 3.05) is 26.1 Å². The van der Waals surface area contributed by atoms with Crippen LogP contribution in [0.15, 0.2) is 65.9 Å². The van der Waals surface area contributed by atoms with Crippen LogP contribution in [0, 0.1) is 0 Å². The van der Waals surface area contributed by atoms with Gasteiger partial charge in [-0.05, 0) is 54.4 Å². The number of aromatic amines is 1. The Morgan fingerprint density at radius 1 is 1.06 bits per heavy atom. The number of hydrazone groups is 1. The summed E-state index contributed by atoms with van der Waals surface area (Å²) in [6, 6.07) is 16.7. The van der Waals surface area contributed by atoms with Gasteiger partial charge in [0.1, 0.15) is 5.69 Å². The molecule has 0 spiro atoms. The highest BCUT2D eigenvalue weighted by Crippen LogP contribution is 2.29. The fourth-order valence-corrected chi connectivity index (χ4v) is 3.66. The molecular formula is C25H26N4O4. The summed E-state index contributed by atoms with van der Waals surface area (Å²) in [5, 5.41) is 9.00. The fraction of sp³-hybridized carbons (Fsp3) is 0.240. The molecule has 0 fully saturated rings. The molecule has 8 heteroatoms. The molecule has 2 aromatic carbocycles. The Balaban J connectivity index is 1.40. The van der Waals surface area contributed by atoms with E-state index in [9.17, 15) is 9.59 Å². The molecule has 4 rings (SSSR count). The quantitative estimate of drug-likeness (QED) is 0.549. The van der Waals surface area contributed by atoms with Crippen LogP contribution in [0.2, 0.25) is 0 Å². The number of aromatic nitrogens is 1. The maximum absolute atomic E-state index is 12.4. The van der Waals surface area contributed by atoms with Crippen LogP contribution >= 0.6 is 0 Å². The van der Waals surface area contributed by atoms with Crippen LogP contribution in [0.1, 0.15) is 34.5 Å². The van der Waals surface area contributed by atoms with Crippen molar-refractivity contribution in [3.63, 3.8) is 0 Å². The van der Waals surface area contributed by atoms with Crippen molar-refractivity contribution in [1.82, 2.24) is 9.99 Å². The third kappa shape index (κ3) is 5.23. The van der Waals surface area contributed by atoms with Crippen molar-refractivity contribution in [1.29, 1.82) is 0 Å². The van der Waals surface area contributed by atoms with Crippen LogP contribution in [0.4, 0.5) is 5.69 Å². The van der Waals surface area contributed by atoms with Crippen LogP contribution in [0.25, 0.3) is 0 Å². The van der Waals surface area contributed by atoms with Crippen molar-refractivity contribution in [3.8, 4) is 11.5 Å². The summed E-state index contributed by atoms with van der Waals surface area (Å²) >= 11 is 0. The highest BCUT2D eigenvalue weighted by Gasteiger charge is 2.22. The molecule has 8 nitrogen and oxygen atoms in total. The van der Waals surface area contributed by atoms with Gasteiger partial charge >= 0.3 is 0 Å². The number of carbonyl (C=O) groups excluding carboxylic acids is 2. The van der Waals surface area contributed by atoms with Gasteiger partial charge in [-0.25, -0.2) is 5.01 Å². The van der Waals surface area contributed by atoms with Gasteiger partial charge in [-0.2, -0.15) is 5.10 Å². The minimum atomic E-state index is -0.191. The first-order valence-corrected chi connectivity index (χ1v) is 10.7. The minimum Gasteiger partial charge on any atom is -0.493 e. The first-order chi connectivity index (χ1) is 16.1. The molecular weight excluding hydrogens is 420 g/mol. The van der Waals surface area contributed by atoms with Crippen LogP contribution < -0.4 is 14.8 Å². The average Bonchev–Trinajstić information content (AvgIpc) is 3.39. The Morgan fingerprint density at radius 2 is 1.85 bits per heavy atom. The van der Waals surface area contributed by atoms with E-state index in [2.05, 4.69) is 15.4 Å². The number of rotatable bonds is 8. The average molecular weight is 447 g/mol. The molecule has 1 aromatic heterocycles. The van der Waals surface area contributed by atoms with Crippen LogP contribution in [0.3, 0.4) is 0 Å². The maximum Gasteiger partial charge on any atom is 0.272 e. The van der Waals surface area contributed by atoms with Gasteiger partial charge in [0.25, 0.3) is 5.91 Å². The molecule has 0 atom stereocenters. The summed E-state index contributed by atoms with van der Waals surface area (Å²) in [7, 11) is 3.19. The lowest BCUT2D eigenvalue weighted by atomic mass is 10.0. The van der Waals surface area contributed by atoms with E-state index in [0.29, 0.717) is 48.7 Å². The third-order valence-electron chi connectivity index (χ3n) is 5.49. The van der Waals surface area contributed by atoms with Crippen LogP contribution in [0.5, 0.6) is 11.5 Å². The summed E-state index contributed by atoms with van der Waals surface area (Å²) < 4.78 is 10.7. The van der Waals surface area contributed by atoms with Crippen molar-refractivity contribution in [3.05, 3.63) is 77.6 Å². The van der Waals surface area contributed by atoms with E-state index in [1.54, 1.807) is 32.5 Å². The molecule has 2 N–H and O–H groups in total. The van der Waals surface area contributed by atoms with E-state index in [0.717, 1.165) is 16.8 Å². The summed E-state index contributed by atoms with van der Waals surface area (Å²) in [5.41, 5.74) is 4.02. The number of hydrogen-bond acceptors (Lipinski definition) is 5. The zero-order valence-electron chi connectivity index (χ0n) is 18.6. The summed E-state index contributed by atoms with van der Waals surface area (Å²) in [6.07, 6.45) is 3.36. The van der Waals surface area contributed by atoms with E-state index in [1.807, 2.05) is 42.5 Å². The molecule has 3 aromatic rings. The third-order valence-corrected chi connectivity index (χ3v) is 5.49. The molecule has 170 valence electrons. The molecule has 0 saturated carbocycles. The number of ether oxygens (including phenoxy) is 2. The second kappa shape index (κ2) is 10.0. The van der Waals surface area contributed by atoms with E-state index in [-0.39, 0.29) is 11.8 Å². The Kier molecular flexibility index (Phi) is 6.73. The smallest absolute Gasteiger partial charge is 0.272 e. The molecule has 0 radical (unpaired) electrons. The van der Waals surface area contributed by atoms with E-state index in [4.69, 9.17) is 9.47 Å². The Hall–Kier alpha value is -4.07. The topological polar surface area (TPSA) is 96.0 Å². The lowest BCUT2D eigenvalue weighted by molar-refractivity contribution is -0.131. The SMILES string of the molecule is COc1ccc(C2=NN(CCc3ccc(NC(=O)c4ccc[nH]4)cc3)C(=O)CC2)cc1OC. The number of amides is 2. The zero-order valence-corrected chi connectivity index (χ0v) is 18.6. The van der Waals surface area contributed by atoms with Gasteiger partial charge in [0.05, 0.1) is 19.9 Å². The standard InChI is InChI=1S/C25H26N4O4/c1-32-22-11-7-18(16-23(22)33-2)20-10-12-24(30)29(28-20)15-13-17-5-8-19(9-6-17)27-25(31)21-4-3-14-26-21/h3-9,11,14,16,26H,10,12-13,15H2,1-2H3,(H,27,31). The molecule has 33 heavy (non-hydrogen) atoms. The number of anilines is 1. The monoisotopic (exact) mass is 446 g/mol. The van der Waals surface area contributed by atoms with Gasteiger partial charge in [-0.15, -0.1) is 0 Å². The zero-order chi connectivity index (χ0) is 23.2. The number of hydrogen-bond donors (Lipinski definition) is 2. The molecule has 1 aliphatic rings. The molecule has 0 saturated heterocycles. The van der Waals surface area contributed by atoms with E-state index in [1.165, 1.54) is 5.01 Å². The predicted molar refractivity (Wildman–Crippen MR) is 126 cm³/mol. The minimum absolute atomic E-state index is 0.00839. The molecule has 0 bridgehead atoms. The number of methoxy groups -OCH3 is 2. The second-order valence-electron chi connectivity index (χ2n) is 7.62. The van der Waals surface area contributed by atoms with Gasteiger partial charge in [0.15, 0.2) is 11.5 Å². The van der Waals surface area contributed by atoms with Crippen LogP contribution in [-0.4, -0.2) is 48.3 Å². The predicted octanol–water partition coefficient (Wildman–Crippen LogP) is 3.85. The number of benzene rings is 2. The first kappa shape index (κ1) is 22.1. The van der Waals surface area contributed by atoms with Crippen molar-refractivity contribution >= 4 is 23.2 Å². The Labute approximate surface area is 192 Å². The van der Waals surface area contributed by atoms with Gasteiger partial charge in [0, 0.05) is 36.8 Å². The number of nitrogens with zero attached hydrogens (tertiary/aromatic N) is 2. The fourth-order valence-electron chi connectivity index (χ4n) is 3.66. The number of nitrogens with one attached hydrogen (secondary N) is 2. The molecule has 1 aliphatic heterocycles. The second-order valence-corrected chi connectivity index (χ2v) is 7.62. The summed E-state index contributed by atoms with van der Waals surface area (Å²) in [6.45, 7) is 0.476. The van der Waals surface area contributed by atoms with Gasteiger partial charge in [-0.1, -0.05) is 12.1 Å². The van der Waals surface area contributed by atoms with Crippen molar-refractivity contribution in [2.45, 2.75) is 19.3 Å². The highest BCUT2D eigenvalue weighted by molar-refractivity contribution is 6.04. The number of H-pyrrole nitrogens is 1. The van der Waals surface area contributed by atoms with E-state index < -0.39 is 0 Å². The van der Waals surface area contributed by atoms with Gasteiger partial charge in [0.2, 0.25) is 5.91 Å². The largest absolute Gasteiger partial charge is 0.493 e. The molecule has 2 amide bonds. The lowest BCUT2D eigenvalue weighted by Gasteiger charge is -2.24. The molecule has 0 aliphatic carbocycles. The maximum atomic E-state index is 12.4. The Morgan fingerprint density at radius 3 is 2.55 bits per heavy atom. The van der Waals surface area contributed by atoms with E-state index >= 15 is 0 Å². The lowest BCUT2D eigenvalue weighted by Crippen LogP contribution is -2.33. The van der Waals surface area contributed by atoms with Gasteiger partial charge in [-0.3, -0.25) is 9.59 Å². The van der Waals surface area contributed by atoms with Crippen LogP contribution in [-0.2, 0) is 11.2 Å². The van der Waals surface area contributed by atoms with Crippen molar-refractivity contribution < 1.29 is 19.1 Å². The van der Waals surface area contributed by atoms with Crippen molar-refractivity contribution in [2.24, 2.45) is 5.10 Å². The Bertz CT molecular complexity index is 1150. The summed E-state index contributed by atoms with van der Waals surface area (Å²) in [5.74, 6) is 1.10. The number of carbonyl (C=O) groups is 2. The molecule has 2 heterocycles. The normalized spacial score (nSPS) is 13.5. The summed E-state index contributed by atoms with van der Waals surface area (Å²) in [4.78, 5) is 27.4. The first-order valence-electron chi connectivity index (χ1n) is 10.7. The van der Waals surface area contributed by atoms with Gasteiger partial charge < -0.3 is 19.8 Å².